The van der Waals surface area contributed by atoms with Crippen LogP contribution < -0.4 is 14.8 Å². The zero-order valence-electron chi connectivity index (χ0n) is 16.0. The summed E-state index contributed by atoms with van der Waals surface area (Å²) in [5.41, 5.74) is 1.51. The molecular formula is C21H21N3O4S. The van der Waals surface area contributed by atoms with E-state index in [1.165, 1.54) is 31.4 Å². The molecule has 0 saturated carbocycles. The van der Waals surface area contributed by atoms with E-state index >= 15 is 0 Å². The number of hydrogen-bond acceptors (Lipinski definition) is 5. The molecule has 1 atom stereocenters. The van der Waals surface area contributed by atoms with Crippen LogP contribution in [0.5, 0.6) is 5.75 Å². The van der Waals surface area contributed by atoms with Gasteiger partial charge in [0.25, 0.3) is 15.9 Å². The minimum absolute atomic E-state index is 0.0580. The van der Waals surface area contributed by atoms with Gasteiger partial charge in [0.15, 0.2) is 0 Å². The number of ether oxygens (including phenoxy) is 1. The van der Waals surface area contributed by atoms with Gasteiger partial charge >= 0.3 is 0 Å². The summed E-state index contributed by atoms with van der Waals surface area (Å²) in [4.78, 5) is 16.7. The molecule has 2 N–H and O–H groups in total. The van der Waals surface area contributed by atoms with Crippen LogP contribution in [0, 0.1) is 0 Å². The number of benzene rings is 2. The van der Waals surface area contributed by atoms with Crippen LogP contribution in [0.2, 0.25) is 0 Å². The number of methoxy groups -OCH3 is 1. The van der Waals surface area contributed by atoms with Crippen LogP contribution in [0.4, 0.5) is 5.69 Å². The zero-order valence-corrected chi connectivity index (χ0v) is 16.8. The van der Waals surface area contributed by atoms with Crippen LogP contribution in [-0.4, -0.2) is 26.4 Å². The highest BCUT2D eigenvalue weighted by Gasteiger charge is 2.16. The molecule has 0 radical (unpaired) electrons. The van der Waals surface area contributed by atoms with Crippen LogP contribution in [0.1, 0.15) is 29.0 Å². The van der Waals surface area contributed by atoms with Crippen molar-refractivity contribution in [3.63, 3.8) is 0 Å². The van der Waals surface area contributed by atoms with Crippen molar-refractivity contribution in [3.8, 4) is 5.75 Å². The summed E-state index contributed by atoms with van der Waals surface area (Å²) in [6, 6.07) is 17.5. The molecule has 0 saturated heterocycles. The summed E-state index contributed by atoms with van der Waals surface area (Å²) < 4.78 is 32.6. The van der Waals surface area contributed by atoms with E-state index in [4.69, 9.17) is 4.74 Å². The summed E-state index contributed by atoms with van der Waals surface area (Å²) in [5, 5.41) is 2.84. The molecule has 1 aromatic heterocycles. The van der Waals surface area contributed by atoms with Crippen molar-refractivity contribution in [3.05, 3.63) is 84.2 Å². The van der Waals surface area contributed by atoms with Crippen molar-refractivity contribution in [1.82, 2.24) is 10.3 Å². The molecule has 7 nitrogen and oxygen atoms in total. The second-order valence-corrected chi connectivity index (χ2v) is 7.99. The smallest absolute Gasteiger partial charge is 0.261 e. The Bertz CT molecular complexity index is 1070. The lowest BCUT2D eigenvalue weighted by Gasteiger charge is -2.13. The van der Waals surface area contributed by atoms with Gasteiger partial charge in [-0.05, 0) is 67.6 Å². The molecule has 3 rings (SSSR count). The number of sulfonamides is 1. The summed E-state index contributed by atoms with van der Waals surface area (Å²) in [7, 11) is -2.24. The molecule has 29 heavy (non-hydrogen) atoms. The van der Waals surface area contributed by atoms with E-state index < -0.39 is 10.0 Å². The largest absolute Gasteiger partial charge is 0.497 e. The second kappa shape index (κ2) is 8.74. The van der Waals surface area contributed by atoms with Crippen LogP contribution in [0.15, 0.2) is 77.8 Å². The van der Waals surface area contributed by atoms with Gasteiger partial charge in [-0.3, -0.25) is 14.5 Å². The van der Waals surface area contributed by atoms with Crippen molar-refractivity contribution in [2.75, 3.05) is 11.8 Å². The van der Waals surface area contributed by atoms with E-state index in [-0.39, 0.29) is 16.8 Å². The number of amides is 1. The van der Waals surface area contributed by atoms with Crippen LogP contribution in [0.3, 0.4) is 0 Å². The van der Waals surface area contributed by atoms with Gasteiger partial charge in [-0.15, -0.1) is 0 Å². The molecule has 3 aromatic rings. The van der Waals surface area contributed by atoms with Crippen molar-refractivity contribution >= 4 is 21.6 Å². The van der Waals surface area contributed by atoms with Crippen LogP contribution in [0.25, 0.3) is 0 Å². The number of anilines is 1. The number of hydrogen-bond donors (Lipinski definition) is 2. The fraction of sp³-hybridized carbons (Fsp3) is 0.143. The average molecular weight is 411 g/mol. The van der Waals surface area contributed by atoms with E-state index in [0.717, 1.165) is 5.69 Å². The fourth-order valence-electron chi connectivity index (χ4n) is 2.64. The number of rotatable bonds is 7. The zero-order chi connectivity index (χ0) is 20.9. The van der Waals surface area contributed by atoms with E-state index in [1.54, 1.807) is 36.5 Å². The fourth-order valence-corrected chi connectivity index (χ4v) is 3.70. The first-order chi connectivity index (χ1) is 13.9. The van der Waals surface area contributed by atoms with Gasteiger partial charge in [0.2, 0.25) is 0 Å². The molecule has 0 aliphatic heterocycles. The number of nitrogens with zero attached hydrogens (tertiary/aromatic N) is 1. The first-order valence-electron chi connectivity index (χ1n) is 8.88. The number of carbonyl (C=O) groups excluding carboxylic acids is 1. The highest BCUT2D eigenvalue weighted by atomic mass is 32.2. The number of carbonyl (C=O) groups is 1. The van der Waals surface area contributed by atoms with Crippen molar-refractivity contribution < 1.29 is 17.9 Å². The summed E-state index contributed by atoms with van der Waals surface area (Å²) in [6.45, 7) is 1.83. The third-order valence-corrected chi connectivity index (χ3v) is 5.65. The Morgan fingerprint density at radius 2 is 1.69 bits per heavy atom. The Morgan fingerprint density at radius 1 is 1.00 bits per heavy atom. The van der Waals surface area contributed by atoms with E-state index in [1.807, 2.05) is 19.1 Å². The molecule has 1 amide bonds. The first kappa shape index (κ1) is 20.3. The Labute approximate surface area is 169 Å². The van der Waals surface area contributed by atoms with Crippen LogP contribution in [-0.2, 0) is 10.0 Å². The summed E-state index contributed by atoms with van der Waals surface area (Å²) in [5.74, 6) is 0.318. The molecule has 150 valence electrons. The number of pyridine rings is 1. The lowest BCUT2D eigenvalue weighted by molar-refractivity contribution is 0.0939. The molecule has 0 unspecified atom stereocenters. The van der Waals surface area contributed by atoms with Crippen molar-refractivity contribution in [2.24, 2.45) is 0 Å². The van der Waals surface area contributed by atoms with Crippen molar-refractivity contribution in [2.45, 2.75) is 17.9 Å². The van der Waals surface area contributed by atoms with Gasteiger partial charge in [0.05, 0.1) is 23.7 Å². The van der Waals surface area contributed by atoms with E-state index in [2.05, 4.69) is 15.0 Å². The highest BCUT2D eigenvalue weighted by molar-refractivity contribution is 7.92. The van der Waals surface area contributed by atoms with Gasteiger partial charge in [-0.1, -0.05) is 6.07 Å². The number of aromatic nitrogens is 1. The molecular weight excluding hydrogens is 390 g/mol. The third-order valence-electron chi connectivity index (χ3n) is 4.25. The van der Waals surface area contributed by atoms with Gasteiger partial charge in [-0.25, -0.2) is 8.42 Å². The maximum Gasteiger partial charge on any atom is 0.261 e. The topological polar surface area (TPSA) is 97.4 Å². The third kappa shape index (κ3) is 5.11. The monoisotopic (exact) mass is 411 g/mol. The lowest BCUT2D eigenvalue weighted by Crippen LogP contribution is -2.27. The molecule has 1 heterocycles. The van der Waals surface area contributed by atoms with E-state index in [9.17, 15) is 13.2 Å². The van der Waals surface area contributed by atoms with Gasteiger partial charge in [0.1, 0.15) is 5.75 Å². The standard InChI is InChI=1S/C21H21N3O4S/c1-15(20-5-3-4-14-22-20)23-21(25)16-6-12-19(13-7-16)29(26,27)24-17-8-10-18(28-2)11-9-17/h3-15,24H,1-2H3,(H,23,25)/t15-/m0/s1. The molecule has 0 aliphatic rings. The minimum Gasteiger partial charge on any atom is -0.497 e. The maximum atomic E-state index is 12.5. The van der Waals surface area contributed by atoms with E-state index in [0.29, 0.717) is 17.0 Å². The predicted molar refractivity (Wildman–Crippen MR) is 110 cm³/mol. The molecule has 2 aromatic carbocycles. The van der Waals surface area contributed by atoms with Gasteiger partial charge in [-0.2, -0.15) is 0 Å². The van der Waals surface area contributed by atoms with Crippen molar-refractivity contribution in [1.29, 1.82) is 0 Å². The Kier molecular flexibility index (Phi) is 6.13. The Balaban J connectivity index is 1.68. The molecule has 0 aliphatic carbocycles. The number of nitrogens with one attached hydrogen (secondary N) is 2. The Hall–Kier alpha value is -3.39. The molecule has 8 heteroatoms. The summed E-state index contributed by atoms with van der Waals surface area (Å²) in [6.07, 6.45) is 1.66. The van der Waals surface area contributed by atoms with Gasteiger partial charge < -0.3 is 10.1 Å². The Morgan fingerprint density at radius 3 is 2.28 bits per heavy atom. The molecule has 0 bridgehead atoms. The average Bonchev–Trinajstić information content (AvgIpc) is 2.74. The second-order valence-electron chi connectivity index (χ2n) is 6.31. The quantitative estimate of drug-likeness (QED) is 0.621. The van der Waals surface area contributed by atoms with Crippen LogP contribution >= 0.6 is 0 Å². The SMILES string of the molecule is COc1ccc(NS(=O)(=O)c2ccc(C(=O)N[C@@H](C)c3ccccn3)cc2)cc1. The molecule has 0 spiro atoms. The lowest BCUT2D eigenvalue weighted by atomic mass is 10.1. The summed E-state index contributed by atoms with van der Waals surface area (Å²) >= 11 is 0. The normalized spacial score (nSPS) is 12.1. The first-order valence-corrected chi connectivity index (χ1v) is 10.4. The minimum atomic E-state index is -3.77. The maximum absolute atomic E-state index is 12.5. The predicted octanol–water partition coefficient (Wildman–Crippen LogP) is 3.38. The van der Waals surface area contributed by atoms with Gasteiger partial charge in [0, 0.05) is 17.4 Å². The highest BCUT2D eigenvalue weighted by Crippen LogP contribution is 2.20. The molecule has 0 fully saturated rings.